The van der Waals surface area contributed by atoms with Gasteiger partial charge in [-0.3, -0.25) is 0 Å². The van der Waals surface area contributed by atoms with Crippen LogP contribution in [0.4, 0.5) is 0 Å². The first-order valence-corrected chi connectivity index (χ1v) is 8.21. The Labute approximate surface area is 120 Å². The summed E-state index contributed by atoms with van der Waals surface area (Å²) in [5.74, 6) is 0. The van der Waals surface area contributed by atoms with Gasteiger partial charge in [-0.1, -0.05) is 6.92 Å². The van der Waals surface area contributed by atoms with Gasteiger partial charge in [-0.05, 0) is 67.5 Å². The SMILES string of the molecule is CCNC(c1csc(Br)c1)c1ccc(Br)s1. The molecule has 0 aliphatic rings. The van der Waals surface area contributed by atoms with Crippen LogP contribution >= 0.6 is 54.5 Å². The van der Waals surface area contributed by atoms with Crippen LogP contribution in [-0.2, 0) is 0 Å². The second-order valence-electron chi connectivity index (χ2n) is 3.32. The van der Waals surface area contributed by atoms with E-state index in [1.54, 1.807) is 22.7 Å². The average Bonchev–Trinajstić information content (AvgIpc) is 2.84. The van der Waals surface area contributed by atoms with E-state index in [-0.39, 0.29) is 0 Å². The van der Waals surface area contributed by atoms with Gasteiger partial charge in [-0.25, -0.2) is 0 Å². The highest BCUT2D eigenvalue weighted by Gasteiger charge is 2.16. The van der Waals surface area contributed by atoms with Crippen molar-refractivity contribution in [3.63, 3.8) is 0 Å². The number of hydrogen-bond donors (Lipinski definition) is 1. The summed E-state index contributed by atoms with van der Waals surface area (Å²) in [5.41, 5.74) is 1.33. The number of nitrogens with one attached hydrogen (secondary N) is 1. The molecule has 0 amide bonds. The van der Waals surface area contributed by atoms with E-state index in [9.17, 15) is 0 Å². The van der Waals surface area contributed by atoms with Crippen LogP contribution in [0.5, 0.6) is 0 Å². The second-order valence-corrected chi connectivity index (χ2v) is 8.10. The maximum Gasteiger partial charge on any atom is 0.0702 e. The molecule has 1 unspecified atom stereocenters. The van der Waals surface area contributed by atoms with Crippen LogP contribution in [0.2, 0.25) is 0 Å². The molecule has 0 radical (unpaired) electrons. The fourth-order valence-corrected chi connectivity index (χ4v) is 4.27. The minimum atomic E-state index is 0.309. The van der Waals surface area contributed by atoms with Gasteiger partial charge in [0.15, 0.2) is 0 Å². The Hall–Kier alpha value is 0.320. The fourth-order valence-electron chi connectivity index (χ4n) is 1.55. The Kier molecular flexibility index (Phi) is 4.61. The molecule has 86 valence electrons. The van der Waals surface area contributed by atoms with Crippen molar-refractivity contribution in [3.8, 4) is 0 Å². The molecule has 0 saturated heterocycles. The number of halogens is 2. The average molecular weight is 381 g/mol. The van der Waals surface area contributed by atoms with E-state index in [0.717, 1.165) is 6.54 Å². The van der Waals surface area contributed by atoms with Gasteiger partial charge in [0.25, 0.3) is 0 Å². The smallest absolute Gasteiger partial charge is 0.0702 e. The molecule has 5 heteroatoms. The zero-order valence-corrected chi connectivity index (χ0v) is 13.5. The Morgan fingerprint density at radius 1 is 1.31 bits per heavy atom. The van der Waals surface area contributed by atoms with E-state index in [4.69, 9.17) is 0 Å². The normalized spacial score (nSPS) is 12.9. The molecule has 0 fully saturated rings. The summed E-state index contributed by atoms with van der Waals surface area (Å²) >= 11 is 10.5. The number of hydrogen-bond acceptors (Lipinski definition) is 3. The van der Waals surface area contributed by atoms with Crippen molar-refractivity contribution in [3.05, 3.63) is 41.6 Å². The first-order valence-electron chi connectivity index (χ1n) is 4.93. The lowest BCUT2D eigenvalue weighted by Crippen LogP contribution is -2.20. The molecule has 1 atom stereocenters. The lowest BCUT2D eigenvalue weighted by atomic mass is 10.1. The predicted octanol–water partition coefficient (Wildman–Crippen LogP) is 5.03. The van der Waals surface area contributed by atoms with E-state index in [2.05, 4.69) is 67.7 Å². The molecule has 0 saturated carbocycles. The zero-order valence-electron chi connectivity index (χ0n) is 8.67. The van der Waals surface area contributed by atoms with Crippen LogP contribution in [0.1, 0.15) is 23.4 Å². The maximum absolute atomic E-state index is 3.52. The van der Waals surface area contributed by atoms with Crippen LogP contribution < -0.4 is 5.32 Å². The van der Waals surface area contributed by atoms with Crippen molar-refractivity contribution in [1.29, 1.82) is 0 Å². The highest BCUT2D eigenvalue weighted by molar-refractivity contribution is 9.11. The molecule has 0 aliphatic carbocycles. The van der Waals surface area contributed by atoms with Crippen molar-refractivity contribution < 1.29 is 0 Å². The lowest BCUT2D eigenvalue weighted by molar-refractivity contribution is 0.641. The van der Waals surface area contributed by atoms with Gasteiger partial charge in [0.05, 0.1) is 13.6 Å². The van der Waals surface area contributed by atoms with Crippen molar-refractivity contribution in [2.75, 3.05) is 6.54 Å². The van der Waals surface area contributed by atoms with E-state index in [1.807, 2.05) is 0 Å². The number of thiophene rings is 2. The molecule has 0 aromatic carbocycles. The molecular weight excluding hydrogens is 370 g/mol. The molecule has 1 nitrogen and oxygen atoms in total. The molecule has 2 aromatic rings. The Morgan fingerprint density at radius 3 is 2.62 bits per heavy atom. The maximum atomic E-state index is 3.52. The molecule has 16 heavy (non-hydrogen) atoms. The van der Waals surface area contributed by atoms with Crippen LogP contribution in [0.25, 0.3) is 0 Å². The molecule has 0 aliphatic heterocycles. The van der Waals surface area contributed by atoms with Gasteiger partial charge < -0.3 is 5.32 Å². The second kappa shape index (κ2) is 5.78. The summed E-state index contributed by atoms with van der Waals surface area (Å²) in [5, 5.41) is 5.72. The molecule has 2 heterocycles. The molecular formula is C11H11Br2NS2. The first-order chi connectivity index (χ1) is 7.70. The van der Waals surface area contributed by atoms with Gasteiger partial charge in [-0.2, -0.15) is 0 Å². The highest BCUT2D eigenvalue weighted by Crippen LogP contribution is 2.34. The van der Waals surface area contributed by atoms with E-state index in [1.165, 1.54) is 18.0 Å². The van der Waals surface area contributed by atoms with Crippen molar-refractivity contribution in [1.82, 2.24) is 5.32 Å². The van der Waals surface area contributed by atoms with Gasteiger partial charge in [0.2, 0.25) is 0 Å². The van der Waals surface area contributed by atoms with E-state index >= 15 is 0 Å². The lowest BCUT2D eigenvalue weighted by Gasteiger charge is -2.14. The van der Waals surface area contributed by atoms with Crippen molar-refractivity contribution in [2.45, 2.75) is 13.0 Å². The monoisotopic (exact) mass is 379 g/mol. The summed E-state index contributed by atoms with van der Waals surface area (Å²) in [4.78, 5) is 1.35. The van der Waals surface area contributed by atoms with Crippen LogP contribution in [0.15, 0.2) is 31.2 Å². The quantitative estimate of drug-likeness (QED) is 0.783. The van der Waals surface area contributed by atoms with Gasteiger partial charge >= 0.3 is 0 Å². The fraction of sp³-hybridized carbons (Fsp3) is 0.273. The van der Waals surface area contributed by atoms with Gasteiger partial charge in [-0.15, -0.1) is 22.7 Å². The molecule has 2 aromatic heterocycles. The minimum Gasteiger partial charge on any atom is -0.306 e. The summed E-state index contributed by atoms with van der Waals surface area (Å²) in [6.07, 6.45) is 0. The number of rotatable bonds is 4. The van der Waals surface area contributed by atoms with Crippen LogP contribution in [0, 0.1) is 0 Å². The standard InChI is InChI=1S/C11H11Br2NS2/c1-2-14-11(7-5-10(13)15-6-7)8-3-4-9(12)16-8/h3-6,11,14H,2H2,1H3. The third-order valence-electron chi connectivity index (χ3n) is 2.21. The third kappa shape index (κ3) is 2.96. The molecule has 0 spiro atoms. The van der Waals surface area contributed by atoms with Crippen molar-refractivity contribution >= 4 is 54.5 Å². The molecule has 0 bridgehead atoms. The van der Waals surface area contributed by atoms with Gasteiger partial charge in [0, 0.05) is 4.88 Å². The third-order valence-corrected chi connectivity index (χ3v) is 5.42. The zero-order chi connectivity index (χ0) is 11.5. The molecule has 2 rings (SSSR count). The summed E-state index contributed by atoms with van der Waals surface area (Å²) in [7, 11) is 0. The minimum absolute atomic E-state index is 0.309. The Morgan fingerprint density at radius 2 is 2.12 bits per heavy atom. The summed E-state index contributed by atoms with van der Waals surface area (Å²) in [6, 6.07) is 6.77. The summed E-state index contributed by atoms with van der Waals surface area (Å²) < 4.78 is 2.36. The highest BCUT2D eigenvalue weighted by atomic mass is 79.9. The first kappa shape index (κ1) is 12.8. The Bertz CT molecular complexity index is 424. The van der Waals surface area contributed by atoms with Crippen molar-refractivity contribution in [2.24, 2.45) is 0 Å². The Balaban J connectivity index is 2.30. The van der Waals surface area contributed by atoms with Gasteiger partial charge in [0.1, 0.15) is 0 Å². The van der Waals surface area contributed by atoms with E-state index < -0.39 is 0 Å². The van der Waals surface area contributed by atoms with E-state index in [0.29, 0.717) is 6.04 Å². The van der Waals surface area contributed by atoms with Crippen LogP contribution in [-0.4, -0.2) is 6.54 Å². The topological polar surface area (TPSA) is 12.0 Å². The predicted molar refractivity (Wildman–Crippen MR) is 79.6 cm³/mol. The largest absolute Gasteiger partial charge is 0.306 e. The van der Waals surface area contributed by atoms with Crippen LogP contribution in [0.3, 0.4) is 0 Å². The summed E-state index contributed by atoms with van der Waals surface area (Å²) in [6.45, 7) is 3.10. The molecule has 1 N–H and O–H groups in total.